The zero-order valence-corrected chi connectivity index (χ0v) is 11.5. The van der Waals surface area contributed by atoms with Crippen molar-refractivity contribution in [2.75, 3.05) is 0 Å². The molecule has 2 heterocycles. The lowest BCUT2D eigenvalue weighted by Gasteiger charge is -2.18. The molecule has 0 aliphatic rings. The molecular formula is C10H13N3S3. The number of nitrogens with zero attached hydrogens (tertiary/aromatic N) is 2. The van der Waals surface area contributed by atoms with Crippen molar-refractivity contribution in [3.8, 4) is 0 Å². The largest absolute Gasteiger partial charge is 0.327 e. The average molecular weight is 271 g/mol. The zero-order valence-electron chi connectivity index (χ0n) is 9.08. The summed E-state index contributed by atoms with van der Waals surface area (Å²) in [5, 5.41) is 2.38. The minimum absolute atomic E-state index is 0.103. The fraction of sp³-hybridized carbons (Fsp3) is 0.400. The second kappa shape index (κ2) is 5.27. The fourth-order valence-corrected chi connectivity index (χ4v) is 4.46. The van der Waals surface area contributed by atoms with Crippen LogP contribution in [-0.4, -0.2) is 15.4 Å². The lowest BCUT2D eigenvalue weighted by atomic mass is 10.1. The number of rotatable bonds is 4. The molecule has 0 amide bonds. The summed E-state index contributed by atoms with van der Waals surface area (Å²) >= 11 is 4.89. The van der Waals surface area contributed by atoms with Gasteiger partial charge in [0.1, 0.15) is 6.33 Å². The highest BCUT2D eigenvalue weighted by Gasteiger charge is 2.21. The molecule has 3 nitrogen and oxygen atoms in total. The van der Waals surface area contributed by atoms with E-state index in [9.17, 15) is 0 Å². The highest BCUT2D eigenvalue weighted by atomic mass is 32.2. The first-order valence-electron chi connectivity index (χ1n) is 4.91. The predicted octanol–water partition coefficient (Wildman–Crippen LogP) is 3.09. The Bertz CT molecular complexity index is 436. The topological polar surface area (TPSA) is 51.8 Å². The number of aromatic nitrogens is 2. The molecule has 0 fully saturated rings. The van der Waals surface area contributed by atoms with Gasteiger partial charge in [-0.25, -0.2) is 4.98 Å². The van der Waals surface area contributed by atoms with Crippen molar-refractivity contribution < 1.29 is 0 Å². The van der Waals surface area contributed by atoms with Crippen LogP contribution in [0.3, 0.4) is 0 Å². The van der Waals surface area contributed by atoms with Gasteiger partial charge in [-0.2, -0.15) is 4.37 Å². The first kappa shape index (κ1) is 12.0. The number of hydrogen-bond donors (Lipinski definition) is 1. The van der Waals surface area contributed by atoms with Crippen molar-refractivity contribution in [1.29, 1.82) is 0 Å². The molecule has 0 radical (unpaired) electrons. The van der Waals surface area contributed by atoms with Gasteiger partial charge in [-0.05, 0) is 42.4 Å². The third-order valence-electron chi connectivity index (χ3n) is 2.21. The van der Waals surface area contributed by atoms with Crippen LogP contribution in [0.2, 0.25) is 0 Å². The summed E-state index contributed by atoms with van der Waals surface area (Å²) in [6.07, 6.45) is 1.59. The SMILES string of the molecule is Cc1ccsc1C(Sc1ncns1)C(C)N. The lowest BCUT2D eigenvalue weighted by Crippen LogP contribution is -2.22. The van der Waals surface area contributed by atoms with E-state index in [0.29, 0.717) is 0 Å². The van der Waals surface area contributed by atoms with E-state index in [0.717, 1.165) is 4.34 Å². The number of thiophene rings is 1. The normalized spacial score (nSPS) is 14.9. The van der Waals surface area contributed by atoms with Crippen molar-refractivity contribution in [3.05, 3.63) is 28.2 Å². The van der Waals surface area contributed by atoms with Crippen molar-refractivity contribution in [1.82, 2.24) is 9.36 Å². The maximum Gasteiger partial charge on any atom is 0.170 e. The Morgan fingerprint density at radius 3 is 2.81 bits per heavy atom. The third kappa shape index (κ3) is 2.63. The quantitative estimate of drug-likeness (QED) is 0.868. The molecule has 0 saturated heterocycles. The van der Waals surface area contributed by atoms with Crippen LogP contribution >= 0.6 is 34.6 Å². The van der Waals surface area contributed by atoms with E-state index < -0.39 is 0 Å². The number of nitrogens with two attached hydrogens (primary N) is 1. The average Bonchev–Trinajstić information content (AvgIpc) is 2.85. The number of aryl methyl sites for hydroxylation is 1. The maximum absolute atomic E-state index is 6.06. The molecule has 0 saturated carbocycles. The molecule has 16 heavy (non-hydrogen) atoms. The zero-order chi connectivity index (χ0) is 11.5. The molecular weight excluding hydrogens is 258 g/mol. The summed E-state index contributed by atoms with van der Waals surface area (Å²) < 4.78 is 4.99. The van der Waals surface area contributed by atoms with Gasteiger partial charge in [0.15, 0.2) is 4.34 Å². The molecule has 2 unspecified atom stereocenters. The summed E-state index contributed by atoms with van der Waals surface area (Å²) in [7, 11) is 0. The fourth-order valence-electron chi connectivity index (χ4n) is 1.40. The van der Waals surface area contributed by atoms with Crippen LogP contribution in [0.4, 0.5) is 0 Å². The second-order valence-corrected chi connectivity index (χ2v) is 6.69. The van der Waals surface area contributed by atoms with E-state index in [1.807, 2.05) is 6.92 Å². The van der Waals surface area contributed by atoms with E-state index in [2.05, 4.69) is 27.7 Å². The van der Waals surface area contributed by atoms with Crippen LogP contribution in [-0.2, 0) is 0 Å². The Kier molecular flexibility index (Phi) is 3.96. The predicted molar refractivity (Wildman–Crippen MR) is 71.2 cm³/mol. The lowest BCUT2D eigenvalue weighted by molar-refractivity contribution is 0.727. The first-order chi connectivity index (χ1) is 7.68. The second-order valence-electron chi connectivity index (χ2n) is 3.57. The van der Waals surface area contributed by atoms with Gasteiger partial charge in [0, 0.05) is 10.9 Å². The van der Waals surface area contributed by atoms with Crippen LogP contribution in [0, 0.1) is 6.92 Å². The van der Waals surface area contributed by atoms with Crippen molar-refractivity contribution >= 4 is 34.6 Å². The Morgan fingerprint density at radius 1 is 1.50 bits per heavy atom. The van der Waals surface area contributed by atoms with Gasteiger partial charge in [0.25, 0.3) is 0 Å². The summed E-state index contributed by atoms with van der Waals surface area (Å²) in [4.78, 5) is 5.54. The Labute approximate surface area is 107 Å². The Hall–Kier alpha value is -0.430. The maximum atomic E-state index is 6.06. The molecule has 2 atom stereocenters. The molecule has 0 aromatic carbocycles. The molecule has 86 valence electrons. The van der Waals surface area contributed by atoms with Crippen LogP contribution < -0.4 is 5.73 Å². The molecule has 2 rings (SSSR count). The standard InChI is InChI=1S/C10H13N3S3/c1-6-3-4-14-8(6)9(7(2)11)15-10-12-5-13-16-10/h3-5,7,9H,11H2,1-2H3. The van der Waals surface area contributed by atoms with Gasteiger partial charge in [0.2, 0.25) is 0 Å². The van der Waals surface area contributed by atoms with Gasteiger partial charge < -0.3 is 5.73 Å². The number of thioether (sulfide) groups is 1. The minimum Gasteiger partial charge on any atom is -0.327 e. The van der Waals surface area contributed by atoms with E-state index in [1.54, 1.807) is 29.4 Å². The summed E-state index contributed by atoms with van der Waals surface area (Å²) in [5.74, 6) is 0. The molecule has 2 aromatic rings. The van der Waals surface area contributed by atoms with E-state index in [-0.39, 0.29) is 11.3 Å². The van der Waals surface area contributed by atoms with Crippen LogP contribution in [0.5, 0.6) is 0 Å². The van der Waals surface area contributed by atoms with Gasteiger partial charge in [-0.15, -0.1) is 11.3 Å². The molecule has 0 bridgehead atoms. The van der Waals surface area contributed by atoms with E-state index >= 15 is 0 Å². The molecule has 2 N–H and O–H groups in total. The van der Waals surface area contributed by atoms with Crippen LogP contribution in [0.1, 0.15) is 22.6 Å². The Balaban J connectivity index is 2.21. The van der Waals surface area contributed by atoms with E-state index in [1.165, 1.54) is 22.0 Å². The van der Waals surface area contributed by atoms with Crippen molar-refractivity contribution in [2.24, 2.45) is 5.73 Å². The summed E-state index contributed by atoms with van der Waals surface area (Å²) in [6.45, 7) is 4.17. The smallest absolute Gasteiger partial charge is 0.170 e. The molecule has 6 heteroatoms. The van der Waals surface area contributed by atoms with Crippen LogP contribution in [0.15, 0.2) is 22.1 Å². The van der Waals surface area contributed by atoms with Gasteiger partial charge in [-0.1, -0.05) is 11.8 Å². The van der Waals surface area contributed by atoms with Gasteiger partial charge >= 0.3 is 0 Å². The minimum atomic E-state index is 0.103. The molecule has 2 aromatic heterocycles. The van der Waals surface area contributed by atoms with E-state index in [4.69, 9.17) is 5.73 Å². The van der Waals surface area contributed by atoms with Crippen molar-refractivity contribution in [2.45, 2.75) is 29.5 Å². The summed E-state index contributed by atoms with van der Waals surface area (Å²) in [5.41, 5.74) is 7.37. The van der Waals surface area contributed by atoms with Gasteiger partial charge in [-0.3, -0.25) is 0 Å². The highest BCUT2D eigenvalue weighted by Crippen LogP contribution is 2.40. The number of hydrogen-bond acceptors (Lipinski definition) is 6. The van der Waals surface area contributed by atoms with Gasteiger partial charge in [0.05, 0.1) is 5.25 Å². The van der Waals surface area contributed by atoms with Crippen molar-refractivity contribution in [3.63, 3.8) is 0 Å². The first-order valence-corrected chi connectivity index (χ1v) is 7.44. The molecule has 0 aliphatic heterocycles. The third-order valence-corrected chi connectivity index (χ3v) is 5.66. The molecule has 0 spiro atoms. The monoisotopic (exact) mass is 271 g/mol. The van der Waals surface area contributed by atoms with Crippen LogP contribution in [0.25, 0.3) is 0 Å². The Morgan fingerprint density at radius 2 is 2.31 bits per heavy atom. The highest BCUT2D eigenvalue weighted by molar-refractivity contribution is 8.01. The molecule has 0 aliphatic carbocycles. The summed E-state index contributed by atoms with van der Waals surface area (Å²) in [6, 6.07) is 2.24.